The molecule has 0 aromatic heterocycles. The predicted molar refractivity (Wildman–Crippen MR) is 81.1 cm³/mol. The maximum Gasteiger partial charge on any atom is 0.256 e. The van der Waals surface area contributed by atoms with Crippen molar-refractivity contribution in [3.05, 3.63) is 65.2 Å². The first-order valence-corrected chi connectivity index (χ1v) is 6.78. The van der Waals surface area contributed by atoms with Crippen LogP contribution in [0.1, 0.15) is 12.5 Å². The van der Waals surface area contributed by atoms with Crippen LogP contribution in [0, 0.1) is 5.92 Å². The molecule has 4 heteroatoms. The molecule has 1 atom stereocenters. The molecule has 0 fully saturated rings. The third-order valence-corrected chi connectivity index (χ3v) is 3.68. The van der Waals surface area contributed by atoms with E-state index in [2.05, 4.69) is 5.10 Å². The second-order valence-electron chi connectivity index (χ2n) is 4.67. The Morgan fingerprint density at radius 2 is 1.70 bits per heavy atom. The lowest BCUT2D eigenvalue weighted by molar-refractivity contribution is -0.119. The Kier molecular flexibility index (Phi) is 3.28. The van der Waals surface area contributed by atoms with E-state index in [-0.39, 0.29) is 11.8 Å². The summed E-state index contributed by atoms with van der Waals surface area (Å²) in [6, 6.07) is 16.9. The van der Waals surface area contributed by atoms with Gasteiger partial charge < -0.3 is 0 Å². The SMILES string of the molecule is CC1C(=O)N(c2ccccc2)N=C1c1ccccc1Cl. The fourth-order valence-corrected chi connectivity index (χ4v) is 2.49. The number of hydrazone groups is 1. The van der Waals surface area contributed by atoms with Crippen molar-refractivity contribution >= 4 is 28.9 Å². The summed E-state index contributed by atoms with van der Waals surface area (Å²) in [5, 5.41) is 6.53. The van der Waals surface area contributed by atoms with Gasteiger partial charge in [-0.1, -0.05) is 48.0 Å². The second kappa shape index (κ2) is 5.10. The fraction of sp³-hybridized carbons (Fsp3) is 0.125. The number of para-hydroxylation sites is 1. The van der Waals surface area contributed by atoms with Gasteiger partial charge in [-0.3, -0.25) is 4.79 Å². The highest BCUT2D eigenvalue weighted by Crippen LogP contribution is 2.28. The molecule has 0 N–H and O–H groups in total. The molecule has 2 aromatic rings. The predicted octanol–water partition coefficient (Wildman–Crippen LogP) is 3.73. The first-order chi connectivity index (χ1) is 9.68. The number of hydrogen-bond acceptors (Lipinski definition) is 2. The minimum Gasteiger partial charge on any atom is -0.272 e. The van der Waals surface area contributed by atoms with Gasteiger partial charge in [0.1, 0.15) is 0 Å². The molecule has 20 heavy (non-hydrogen) atoms. The molecule has 0 spiro atoms. The van der Waals surface area contributed by atoms with E-state index in [0.717, 1.165) is 11.3 Å². The van der Waals surface area contributed by atoms with Gasteiger partial charge in [0, 0.05) is 10.6 Å². The lowest BCUT2D eigenvalue weighted by atomic mass is 9.99. The van der Waals surface area contributed by atoms with E-state index in [1.807, 2.05) is 61.5 Å². The Bertz CT molecular complexity index is 682. The van der Waals surface area contributed by atoms with E-state index < -0.39 is 0 Å². The van der Waals surface area contributed by atoms with E-state index in [1.54, 1.807) is 0 Å². The Morgan fingerprint density at radius 1 is 1.05 bits per heavy atom. The van der Waals surface area contributed by atoms with Gasteiger partial charge in [-0.2, -0.15) is 10.1 Å². The van der Waals surface area contributed by atoms with Crippen LogP contribution < -0.4 is 5.01 Å². The molecule has 0 saturated heterocycles. The van der Waals surface area contributed by atoms with Gasteiger partial charge in [0.2, 0.25) is 0 Å². The molecule has 1 heterocycles. The number of hydrogen-bond donors (Lipinski definition) is 0. The van der Waals surface area contributed by atoms with Crippen molar-refractivity contribution in [2.75, 3.05) is 5.01 Å². The summed E-state index contributed by atoms with van der Waals surface area (Å²) in [6.07, 6.45) is 0. The highest BCUT2D eigenvalue weighted by molar-refractivity contribution is 6.36. The van der Waals surface area contributed by atoms with Crippen molar-refractivity contribution < 1.29 is 4.79 Å². The average molecular weight is 285 g/mol. The van der Waals surface area contributed by atoms with Gasteiger partial charge in [0.25, 0.3) is 5.91 Å². The zero-order valence-electron chi connectivity index (χ0n) is 11.0. The van der Waals surface area contributed by atoms with Crippen LogP contribution in [0.15, 0.2) is 59.7 Å². The van der Waals surface area contributed by atoms with E-state index in [1.165, 1.54) is 5.01 Å². The Balaban J connectivity index is 2.05. The van der Waals surface area contributed by atoms with E-state index in [9.17, 15) is 4.79 Å². The van der Waals surface area contributed by atoms with Crippen molar-refractivity contribution in [2.24, 2.45) is 11.0 Å². The molecule has 0 aliphatic carbocycles. The first kappa shape index (κ1) is 12.9. The smallest absolute Gasteiger partial charge is 0.256 e. The molecule has 1 aliphatic rings. The zero-order chi connectivity index (χ0) is 14.1. The number of nitrogens with zero attached hydrogens (tertiary/aromatic N) is 2. The largest absolute Gasteiger partial charge is 0.272 e. The van der Waals surface area contributed by atoms with E-state index in [4.69, 9.17) is 11.6 Å². The van der Waals surface area contributed by atoms with Gasteiger partial charge in [-0.05, 0) is 25.1 Å². The third-order valence-electron chi connectivity index (χ3n) is 3.35. The van der Waals surface area contributed by atoms with Gasteiger partial charge in [0.05, 0.1) is 17.3 Å². The molecule has 0 bridgehead atoms. The van der Waals surface area contributed by atoms with Gasteiger partial charge in [0.15, 0.2) is 0 Å². The summed E-state index contributed by atoms with van der Waals surface area (Å²) in [6.45, 7) is 1.85. The number of rotatable bonds is 2. The number of carbonyl (C=O) groups is 1. The van der Waals surface area contributed by atoms with Crippen molar-refractivity contribution in [3.63, 3.8) is 0 Å². The maximum atomic E-state index is 12.4. The minimum absolute atomic E-state index is 0.0360. The van der Waals surface area contributed by atoms with Gasteiger partial charge >= 0.3 is 0 Å². The second-order valence-corrected chi connectivity index (χ2v) is 5.08. The first-order valence-electron chi connectivity index (χ1n) is 6.41. The minimum atomic E-state index is -0.296. The number of anilines is 1. The van der Waals surface area contributed by atoms with Crippen LogP contribution >= 0.6 is 11.6 Å². The van der Waals surface area contributed by atoms with Crippen LogP contribution in [0.25, 0.3) is 0 Å². The van der Waals surface area contributed by atoms with Crippen LogP contribution in [0.4, 0.5) is 5.69 Å². The standard InChI is InChI=1S/C16H13ClN2O/c1-11-15(13-9-5-6-10-14(13)17)18-19(16(11)20)12-7-3-2-4-8-12/h2-11H,1H3. The van der Waals surface area contributed by atoms with Crippen molar-refractivity contribution in [3.8, 4) is 0 Å². The van der Waals surface area contributed by atoms with Crippen LogP contribution in [-0.4, -0.2) is 11.6 Å². The van der Waals surface area contributed by atoms with Crippen molar-refractivity contribution in [1.82, 2.24) is 0 Å². The molecular formula is C16H13ClN2O. The monoisotopic (exact) mass is 284 g/mol. The summed E-state index contributed by atoms with van der Waals surface area (Å²) >= 11 is 6.20. The normalized spacial score (nSPS) is 18.3. The fourth-order valence-electron chi connectivity index (χ4n) is 2.25. The van der Waals surface area contributed by atoms with E-state index >= 15 is 0 Å². The quantitative estimate of drug-likeness (QED) is 0.827. The summed E-state index contributed by atoms with van der Waals surface area (Å²) in [7, 11) is 0. The Hall–Kier alpha value is -2.13. The highest BCUT2D eigenvalue weighted by Gasteiger charge is 2.34. The van der Waals surface area contributed by atoms with Gasteiger partial charge in [-0.15, -0.1) is 0 Å². The lowest BCUT2D eigenvalue weighted by Crippen LogP contribution is -2.25. The molecule has 0 saturated carbocycles. The van der Waals surface area contributed by atoms with Gasteiger partial charge in [-0.25, -0.2) is 0 Å². The summed E-state index contributed by atoms with van der Waals surface area (Å²) in [4.78, 5) is 12.4. The summed E-state index contributed by atoms with van der Waals surface area (Å²) in [5.74, 6) is -0.332. The molecule has 3 rings (SSSR count). The van der Waals surface area contributed by atoms with Crippen molar-refractivity contribution in [2.45, 2.75) is 6.92 Å². The van der Waals surface area contributed by atoms with Crippen LogP contribution in [0.3, 0.4) is 0 Å². The summed E-state index contributed by atoms with van der Waals surface area (Å²) < 4.78 is 0. The maximum absolute atomic E-state index is 12.4. The average Bonchev–Trinajstić information content (AvgIpc) is 2.77. The Labute approximate surface area is 122 Å². The number of amides is 1. The molecular weight excluding hydrogens is 272 g/mol. The highest BCUT2D eigenvalue weighted by atomic mass is 35.5. The number of benzene rings is 2. The molecule has 1 aliphatic heterocycles. The molecule has 0 radical (unpaired) electrons. The number of halogens is 1. The molecule has 1 amide bonds. The lowest BCUT2D eigenvalue weighted by Gasteiger charge is -2.11. The molecule has 2 aromatic carbocycles. The molecule has 1 unspecified atom stereocenters. The molecule has 100 valence electrons. The third kappa shape index (κ3) is 2.10. The topological polar surface area (TPSA) is 32.7 Å². The van der Waals surface area contributed by atoms with E-state index in [0.29, 0.717) is 10.7 Å². The van der Waals surface area contributed by atoms with Crippen LogP contribution in [0.2, 0.25) is 5.02 Å². The van der Waals surface area contributed by atoms with Crippen LogP contribution in [-0.2, 0) is 4.79 Å². The zero-order valence-corrected chi connectivity index (χ0v) is 11.7. The summed E-state index contributed by atoms with van der Waals surface area (Å²) in [5.41, 5.74) is 2.30. The Morgan fingerprint density at radius 3 is 2.40 bits per heavy atom. The number of carbonyl (C=O) groups excluding carboxylic acids is 1. The van der Waals surface area contributed by atoms with Crippen molar-refractivity contribution in [1.29, 1.82) is 0 Å². The van der Waals surface area contributed by atoms with Crippen LogP contribution in [0.5, 0.6) is 0 Å². The molecule has 3 nitrogen and oxygen atoms in total.